The Kier molecular flexibility index (Phi) is 16.2. The van der Waals surface area contributed by atoms with Crippen molar-refractivity contribution in [3.63, 3.8) is 0 Å². The molecule has 23 heteroatoms. The van der Waals surface area contributed by atoms with Gasteiger partial charge < -0.3 is 44.0 Å². The van der Waals surface area contributed by atoms with Crippen molar-refractivity contribution in [2.24, 2.45) is 0 Å². The Labute approximate surface area is 425 Å². The third kappa shape index (κ3) is 11.9. The van der Waals surface area contributed by atoms with Gasteiger partial charge in [0.25, 0.3) is 33.5 Å². The molecule has 7 rings (SSSR count). The van der Waals surface area contributed by atoms with Gasteiger partial charge in [-0.3, -0.25) is 29.0 Å². The second-order valence-corrected chi connectivity index (χ2v) is 34.0. The maximum atomic E-state index is 14.6. The van der Waals surface area contributed by atoms with Crippen molar-refractivity contribution in [3.8, 4) is 23.0 Å². The number of halogens is 3. The van der Waals surface area contributed by atoms with Crippen LogP contribution >= 0.6 is 0 Å². The van der Waals surface area contributed by atoms with E-state index in [4.69, 9.17) is 34.2 Å². The van der Waals surface area contributed by atoms with E-state index in [1.54, 1.807) is 30.5 Å². The van der Waals surface area contributed by atoms with Gasteiger partial charge in [-0.15, -0.1) is 0 Å². The summed E-state index contributed by atoms with van der Waals surface area (Å²) in [5, 5.41) is 0. The molecule has 3 aromatic carbocycles. The van der Waals surface area contributed by atoms with Crippen LogP contribution in [-0.2, 0) is 28.9 Å². The van der Waals surface area contributed by atoms with Crippen LogP contribution in [0.5, 0.6) is 23.0 Å². The first-order valence-corrected chi connectivity index (χ1v) is 32.9. The van der Waals surface area contributed by atoms with Crippen LogP contribution in [0.25, 0.3) is 5.57 Å². The number of alkyl halides is 3. The van der Waals surface area contributed by atoms with Crippen LogP contribution in [0.15, 0.2) is 65.8 Å². The number of ether oxygens (including phenoxy) is 6. The van der Waals surface area contributed by atoms with Crippen LogP contribution in [0.4, 0.5) is 30.2 Å². The smallest absolute Gasteiger partial charge is 0.493 e. The Morgan fingerprint density at radius 1 is 0.699 bits per heavy atom. The summed E-state index contributed by atoms with van der Waals surface area (Å²) in [5.41, 5.74) is 2.89. The molecule has 0 fully saturated rings. The lowest BCUT2D eigenvalue weighted by atomic mass is 10.0. The summed E-state index contributed by atoms with van der Waals surface area (Å²) in [4.78, 5) is 61.2. The van der Waals surface area contributed by atoms with Crippen LogP contribution in [0.2, 0.25) is 51.4 Å². The summed E-state index contributed by atoms with van der Waals surface area (Å²) in [6, 6.07) is 12.3. The maximum absolute atomic E-state index is 14.6. The number of amides is 4. The van der Waals surface area contributed by atoms with Gasteiger partial charge in [0.15, 0.2) is 23.0 Å². The van der Waals surface area contributed by atoms with E-state index in [0.29, 0.717) is 36.6 Å². The number of methoxy groups -OCH3 is 2. The van der Waals surface area contributed by atoms with E-state index in [0.717, 1.165) is 27.0 Å². The fourth-order valence-corrected chi connectivity index (χ4v) is 11.1. The standard InChI is InChI=1S/C50H64F3N5O12SSi2/c1-10-34(70-45-26-39-37(24-43(45)66-3)47(60)56-28-35(71(63,64)50(51,52)53)22-41(56)49(62)58(39)30-68-18-20-73(7,8)9)15-16-69-44-25-38-36(23-42(44)65-2)46(59)55-27-32(31-11-13-33(54)14-12-31)21-40(55)48(61)57(38)29-67-17-19-72(4,5)6/h11-14,23-28,34,40-41H,10,15-22,29-30,54H2,1-9H3/t34?,40-,41-/m0/s1. The molecule has 3 aromatic rings. The van der Waals surface area contributed by atoms with E-state index in [-0.39, 0.29) is 78.5 Å². The summed E-state index contributed by atoms with van der Waals surface area (Å²) < 4.78 is 102. The highest BCUT2D eigenvalue weighted by Gasteiger charge is 2.53. The first-order chi connectivity index (χ1) is 34.3. The predicted molar refractivity (Wildman–Crippen MR) is 275 cm³/mol. The molecule has 0 aromatic heterocycles. The van der Waals surface area contributed by atoms with E-state index < -0.39 is 85.5 Å². The molecule has 0 radical (unpaired) electrons. The van der Waals surface area contributed by atoms with Gasteiger partial charge in [0.1, 0.15) is 31.6 Å². The third-order valence-electron chi connectivity index (χ3n) is 13.0. The summed E-state index contributed by atoms with van der Waals surface area (Å²) in [7, 11) is -6.20. The van der Waals surface area contributed by atoms with Gasteiger partial charge in [-0.05, 0) is 53.9 Å². The summed E-state index contributed by atoms with van der Waals surface area (Å²) in [5.74, 6) is -1.86. The minimum absolute atomic E-state index is 0.0261. The Morgan fingerprint density at radius 2 is 1.19 bits per heavy atom. The summed E-state index contributed by atoms with van der Waals surface area (Å²) in [6.07, 6.45) is 1.77. The number of carbonyl (C=O) groups is 4. The van der Waals surface area contributed by atoms with Crippen LogP contribution in [0.1, 0.15) is 58.9 Å². The van der Waals surface area contributed by atoms with Gasteiger partial charge in [-0.2, -0.15) is 13.2 Å². The molecule has 0 spiro atoms. The van der Waals surface area contributed by atoms with Crippen molar-refractivity contribution in [1.82, 2.24) is 9.80 Å². The van der Waals surface area contributed by atoms with Crippen LogP contribution in [0.3, 0.4) is 0 Å². The molecule has 4 amide bonds. The number of nitrogens with two attached hydrogens (primary N) is 1. The van der Waals surface area contributed by atoms with E-state index in [1.807, 2.05) is 19.1 Å². The Bertz CT molecular complexity index is 2800. The number of anilines is 3. The summed E-state index contributed by atoms with van der Waals surface area (Å²) in [6.45, 7) is 15.2. The highest BCUT2D eigenvalue weighted by molar-refractivity contribution is 7.96. The number of carbonyl (C=O) groups excluding carboxylic acids is 4. The van der Waals surface area contributed by atoms with Crippen molar-refractivity contribution >= 4 is 72.2 Å². The highest BCUT2D eigenvalue weighted by atomic mass is 32.2. The number of hydrogen-bond acceptors (Lipinski definition) is 13. The van der Waals surface area contributed by atoms with Crippen LogP contribution < -0.4 is 34.5 Å². The van der Waals surface area contributed by atoms with Crippen molar-refractivity contribution in [3.05, 3.63) is 82.5 Å². The fraction of sp³-hybridized carbons (Fsp3) is 0.480. The minimum atomic E-state index is -5.86. The number of rotatable bonds is 21. The molecule has 1 unspecified atom stereocenters. The van der Waals surface area contributed by atoms with Crippen molar-refractivity contribution < 1.29 is 69.2 Å². The average Bonchev–Trinajstić information content (AvgIpc) is 3.96. The van der Waals surface area contributed by atoms with E-state index in [9.17, 15) is 40.8 Å². The number of benzene rings is 3. The number of nitrogens with zero attached hydrogens (tertiary/aromatic N) is 4. The zero-order valence-corrected chi connectivity index (χ0v) is 45.4. The zero-order valence-electron chi connectivity index (χ0n) is 42.6. The van der Waals surface area contributed by atoms with Crippen molar-refractivity contribution in [2.45, 2.75) is 108 Å². The second kappa shape index (κ2) is 21.5. The maximum Gasteiger partial charge on any atom is 0.501 e. The molecule has 17 nitrogen and oxygen atoms in total. The van der Waals surface area contributed by atoms with Gasteiger partial charge in [0.2, 0.25) is 0 Å². The third-order valence-corrected chi connectivity index (χ3v) is 18.0. The van der Waals surface area contributed by atoms with E-state index in [1.165, 1.54) is 36.2 Å². The first-order valence-electron chi connectivity index (χ1n) is 24.0. The van der Waals surface area contributed by atoms with Gasteiger partial charge >= 0.3 is 5.51 Å². The second-order valence-electron chi connectivity index (χ2n) is 20.7. The van der Waals surface area contributed by atoms with Crippen LogP contribution in [0, 0.1) is 0 Å². The lowest BCUT2D eigenvalue weighted by Crippen LogP contribution is -2.45. The molecular formula is C50H64F3N5O12SSi2. The Morgan fingerprint density at radius 3 is 1.68 bits per heavy atom. The van der Waals surface area contributed by atoms with Crippen molar-refractivity contribution in [2.75, 3.05) is 63.0 Å². The lowest BCUT2D eigenvalue weighted by molar-refractivity contribution is -0.123. The Hall–Kier alpha value is -5.89. The van der Waals surface area contributed by atoms with Gasteiger partial charge in [-0.1, -0.05) is 58.3 Å². The quantitative estimate of drug-likeness (QED) is 0.0607. The largest absolute Gasteiger partial charge is 0.501 e. The van der Waals surface area contributed by atoms with Gasteiger partial charge in [-0.25, -0.2) is 8.42 Å². The van der Waals surface area contributed by atoms with Crippen LogP contribution in [-0.4, -0.2) is 129 Å². The highest BCUT2D eigenvalue weighted by Crippen LogP contribution is 2.45. The zero-order chi connectivity index (χ0) is 53.4. The molecule has 73 heavy (non-hydrogen) atoms. The SMILES string of the molecule is CCC(CCOc1cc2c(cc1OC)C(=O)N1C=C(c3ccc(N)cc3)C[C@H]1C(=O)N2COCC[Si](C)(C)C)Oc1cc2c(cc1OC)C(=O)N1C=C(S(=O)(=O)C(F)(F)F)C[C@H]1C(=O)N2COCC[Si](C)(C)C. The number of nitrogen functional groups attached to an aromatic ring is 1. The molecule has 3 atom stereocenters. The van der Waals surface area contributed by atoms with E-state index >= 15 is 0 Å². The molecule has 0 saturated carbocycles. The molecule has 396 valence electrons. The lowest BCUT2D eigenvalue weighted by Gasteiger charge is -2.27. The predicted octanol–water partition coefficient (Wildman–Crippen LogP) is 8.48. The van der Waals surface area contributed by atoms with E-state index in [2.05, 4.69) is 39.3 Å². The molecule has 2 N–H and O–H groups in total. The summed E-state index contributed by atoms with van der Waals surface area (Å²) >= 11 is 0. The van der Waals surface area contributed by atoms with Gasteiger partial charge in [0, 0.05) is 78.8 Å². The molecule has 4 aliphatic heterocycles. The van der Waals surface area contributed by atoms with Crippen molar-refractivity contribution in [1.29, 1.82) is 0 Å². The number of fused-ring (bicyclic) bond motifs is 4. The molecule has 0 aliphatic carbocycles. The minimum Gasteiger partial charge on any atom is -0.493 e. The fourth-order valence-electron chi connectivity index (χ4n) is 8.68. The molecule has 0 bridgehead atoms. The average molecular weight is 1070 g/mol. The Balaban J connectivity index is 1.16. The molecule has 4 heterocycles. The normalized spacial score (nSPS) is 18.6. The monoisotopic (exact) mass is 1070 g/mol. The molecular weight excluding hydrogens is 1010 g/mol. The topological polar surface area (TPSA) is 197 Å². The first kappa shape index (κ1) is 54.9. The van der Waals surface area contributed by atoms with Gasteiger partial charge in [0.05, 0.1) is 48.2 Å². The number of hydrogen-bond donors (Lipinski definition) is 1. The molecule has 4 aliphatic rings. The number of sulfone groups is 1. The molecule has 0 saturated heterocycles.